The fraction of sp³-hybridized carbons (Fsp3) is 0.375. The predicted octanol–water partition coefficient (Wildman–Crippen LogP) is 2.83. The van der Waals surface area contributed by atoms with E-state index in [1.165, 1.54) is 4.57 Å². The summed E-state index contributed by atoms with van der Waals surface area (Å²) in [6, 6.07) is 7.10. The highest BCUT2D eigenvalue weighted by Crippen LogP contribution is 2.22. The summed E-state index contributed by atoms with van der Waals surface area (Å²) in [5, 5.41) is 3.60. The van der Waals surface area contributed by atoms with Crippen molar-refractivity contribution in [3.8, 4) is 0 Å². The van der Waals surface area contributed by atoms with Gasteiger partial charge in [0.05, 0.1) is 12.1 Å². The highest BCUT2D eigenvalue weighted by atomic mass is 16.6. The number of benzene rings is 1. The average Bonchev–Trinajstić information content (AvgIpc) is 2.80. The Morgan fingerprint density at radius 3 is 2.57 bits per heavy atom. The summed E-state index contributed by atoms with van der Waals surface area (Å²) >= 11 is 0. The molecule has 0 fully saturated rings. The third-order valence-corrected chi connectivity index (χ3v) is 2.96. The Balaban J connectivity index is 2.43. The summed E-state index contributed by atoms with van der Waals surface area (Å²) in [6.45, 7) is 5.71. The Labute approximate surface area is 123 Å². The zero-order valence-electron chi connectivity index (χ0n) is 12.8. The number of ether oxygens (including phenoxy) is 1. The van der Waals surface area contributed by atoms with Gasteiger partial charge in [0.25, 0.3) is 0 Å². The van der Waals surface area contributed by atoms with Crippen molar-refractivity contribution >= 4 is 22.8 Å². The van der Waals surface area contributed by atoms with Gasteiger partial charge in [-0.05, 0) is 40.0 Å². The zero-order valence-corrected chi connectivity index (χ0v) is 12.8. The van der Waals surface area contributed by atoms with Crippen LogP contribution in [0, 0.1) is 0 Å². The number of ketones is 1. The number of rotatable bonds is 3. The van der Waals surface area contributed by atoms with Gasteiger partial charge in [-0.25, -0.2) is 4.79 Å². The number of nitrogens with zero attached hydrogens (tertiary/aromatic N) is 1. The molecule has 5 heteroatoms. The van der Waals surface area contributed by atoms with Gasteiger partial charge in [-0.1, -0.05) is 12.1 Å². The molecule has 1 aromatic carbocycles. The molecule has 0 unspecified atom stereocenters. The fourth-order valence-corrected chi connectivity index (χ4v) is 2.14. The second-order valence-electron chi connectivity index (χ2n) is 5.86. The number of fused-ring (bicyclic) bond motifs is 1. The van der Waals surface area contributed by atoms with Crippen molar-refractivity contribution in [1.29, 1.82) is 0 Å². The number of hydrogen-bond donors (Lipinski definition) is 1. The number of likely N-dealkylation sites (N-methyl/N-ethyl adjacent to an activating group) is 1. The Bertz CT molecular complexity index is 680. The first kappa shape index (κ1) is 15.3. The molecule has 0 atom stereocenters. The van der Waals surface area contributed by atoms with Crippen LogP contribution in [-0.4, -0.2) is 35.6 Å². The minimum atomic E-state index is -0.562. The van der Waals surface area contributed by atoms with Crippen LogP contribution in [0.1, 0.15) is 31.1 Å². The number of nitrogens with one attached hydrogen (secondary N) is 1. The van der Waals surface area contributed by atoms with Gasteiger partial charge < -0.3 is 10.1 Å². The van der Waals surface area contributed by atoms with Crippen molar-refractivity contribution in [2.45, 2.75) is 26.4 Å². The van der Waals surface area contributed by atoms with Gasteiger partial charge in [0, 0.05) is 17.1 Å². The molecular formula is C16H20N2O3. The number of aromatic nitrogens is 1. The SMILES string of the molecule is CNCC(=O)c1cccc2c1ccn2C(=O)OC(C)(C)C. The molecule has 2 rings (SSSR count). The van der Waals surface area contributed by atoms with E-state index >= 15 is 0 Å². The average molecular weight is 288 g/mol. The van der Waals surface area contributed by atoms with Crippen molar-refractivity contribution in [3.05, 3.63) is 36.0 Å². The lowest BCUT2D eigenvalue weighted by Crippen LogP contribution is -2.26. The van der Waals surface area contributed by atoms with Crippen molar-refractivity contribution in [1.82, 2.24) is 9.88 Å². The van der Waals surface area contributed by atoms with Crippen LogP contribution in [0.2, 0.25) is 0 Å². The number of hydrogen-bond acceptors (Lipinski definition) is 4. The van der Waals surface area contributed by atoms with Gasteiger partial charge in [0.1, 0.15) is 5.60 Å². The molecule has 1 N–H and O–H groups in total. The van der Waals surface area contributed by atoms with Gasteiger partial charge in [-0.15, -0.1) is 0 Å². The Morgan fingerprint density at radius 2 is 1.95 bits per heavy atom. The summed E-state index contributed by atoms with van der Waals surface area (Å²) in [5.41, 5.74) is 0.711. The molecule has 0 bridgehead atoms. The Hall–Kier alpha value is -2.14. The monoisotopic (exact) mass is 288 g/mol. The van der Waals surface area contributed by atoms with Crippen molar-refractivity contribution < 1.29 is 14.3 Å². The molecule has 0 radical (unpaired) electrons. The summed E-state index contributed by atoms with van der Waals surface area (Å²) < 4.78 is 6.79. The normalized spacial score (nSPS) is 11.6. The molecule has 0 amide bonds. The van der Waals surface area contributed by atoms with E-state index in [0.29, 0.717) is 11.1 Å². The van der Waals surface area contributed by atoms with E-state index in [1.807, 2.05) is 20.8 Å². The van der Waals surface area contributed by atoms with Crippen LogP contribution >= 0.6 is 0 Å². The van der Waals surface area contributed by atoms with Crippen LogP contribution in [-0.2, 0) is 4.74 Å². The van der Waals surface area contributed by atoms with Crippen molar-refractivity contribution in [3.63, 3.8) is 0 Å². The topological polar surface area (TPSA) is 60.3 Å². The van der Waals surface area contributed by atoms with E-state index < -0.39 is 11.7 Å². The first-order chi connectivity index (χ1) is 9.83. The van der Waals surface area contributed by atoms with E-state index in [-0.39, 0.29) is 12.3 Å². The minimum absolute atomic E-state index is 0.00922. The standard InChI is InChI=1S/C16H20N2O3/c1-16(2,3)21-15(20)18-9-8-11-12(14(19)10-17-4)6-5-7-13(11)18/h5-9,17H,10H2,1-4H3. The molecule has 0 spiro atoms. The van der Waals surface area contributed by atoms with Crippen LogP contribution < -0.4 is 5.32 Å². The molecule has 5 nitrogen and oxygen atoms in total. The third-order valence-electron chi connectivity index (χ3n) is 2.96. The maximum absolute atomic E-state index is 12.2. The second-order valence-corrected chi connectivity index (χ2v) is 5.86. The second kappa shape index (κ2) is 5.69. The lowest BCUT2D eigenvalue weighted by Gasteiger charge is -2.19. The fourth-order valence-electron chi connectivity index (χ4n) is 2.14. The van der Waals surface area contributed by atoms with Crippen molar-refractivity contribution in [2.75, 3.05) is 13.6 Å². The van der Waals surface area contributed by atoms with E-state index in [2.05, 4.69) is 5.32 Å². The van der Waals surface area contributed by atoms with Crippen LogP contribution in [0.25, 0.3) is 10.9 Å². The molecule has 0 aliphatic heterocycles. The molecular weight excluding hydrogens is 268 g/mol. The molecule has 0 aliphatic rings. The molecule has 0 saturated heterocycles. The summed E-state index contributed by atoms with van der Waals surface area (Å²) in [6.07, 6.45) is 1.19. The Morgan fingerprint density at radius 1 is 1.24 bits per heavy atom. The minimum Gasteiger partial charge on any atom is -0.443 e. The van der Waals surface area contributed by atoms with Crippen LogP contribution in [0.4, 0.5) is 4.79 Å². The highest BCUT2D eigenvalue weighted by Gasteiger charge is 2.20. The van der Waals surface area contributed by atoms with Crippen LogP contribution in [0.5, 0.6) is 0 Å². The van der Waals surface area contributed by atoms with E-state index in [1.54, 1.807) is 37.5 Å². The van der Waals surface area contributed by atoms with Gasteiger partial charge in [0.2, 0.25) is 0 Å². The van der Waals surface area contributed by atoms with Gasteiger partial charge in [0.15, 0.2) is 5.78 Å². The zero-order chi connectivity index (χ0) is 15.6. The smallest absolute Gasteiger partial charge is 0.418 e. The first-order valence-corrected chi connectivity index (χ1v) is 6.85. The predicted molar refractivity (Wildman–Crippen MR) is 81.8 cm³/mol. The molecule has 0 aliphatic carbocycles. The molecule has 1 aromatic heterocycles. The van der Waals surface area contributed by atoms with E-state index in [0.717, 1.165) is 5.39 Å². The lowest BCUT2D eigenvalue weighted by atomic mass is 10.1. The quantitative estimate of drug-likeness (QED) is 0.882. The summed E-state index contributed by atoms with van der Waals surface area (Å²) in [4.78, 5) is 24.3. The van der Waals surface area contributed by atoms with Gasteiger partial charge >= 0.3 is 6.09 Å². The molecule has 0 saturated carbocycles. The maximum Gasteiger partial charge on any atom is 0.418 e. The van der Waals surface area contributed by atoms with E-state index in [9.17, 15) is 9.59 Å². The van der Waals surface area contributed by atoms with Crippen molar-refractivity contribution in [2.24, 2.45) is 0 Å². The Kier molecular flexibility index (Phi) is 4.14. The molecule has 112 valence electrons. The third kappa shape index (κ3) is 3.31. The largest absolute Gasteiger partial charge is 0.443 e. The van der Waals surface area contributed by atoms with E-state index in [4.69, 9.17) is 4.74 Å². The van der Waals surface area contributed by atoms with Gasteiger partial charge in [-0.3, -0.25) is 9.36 Å². The molecule has 21 heavy (non-hydrogen) atoms. The molecule has 1 heterocycles. The first-order valence-electron chi connectivity index (χ1n) is 6.85. The molecule has 2 aromatic rings. The van der Waals surface area contributed by atoms with Crippen LogP contribution in [0.15, 0.2) is 30.5 Å². The lowest BCUT2D eigenvalue weighted by molar-refractivity contribution is 0.0544. The summed E-state index contributed by atoms with van der Waals surface area (Å²) in [7, 11) is 1.73. The maximum atomic E-state index is 12.2. The van der Waals surface area contributed by atoms with Gasteiger partial charge in [-0.2, -0.15) is 0 Å². The highest BCUT2D eigenvalue weighted by molar-refractivity contribution is 6.09. The summed E-state index contributed by atoms with van der Waals surface area (Å²) in [5.74, 6) is -0.00922. The number of Topliss-reactive ketones (excluding diaryl/α,β-unsaturated/α-hetero) is 1. The van der Waals surface area contributed by atoms with Crippen LogP contribution in [0.3, 0.4) is 0 Å². The number of carbonyl (C=O) groups excluding carboxylic acids is 2. The number of carbonyl (C=O) groups is 2.